The van der Waals surface area contributed by atoms with Crippen molar-refractivity contribution in [3.05, 3.63) is 89.6 Å². The van der Waals surface area contributed by atoms with Crippen molar-refractivity contribution in [1.82, 2.24) is 4.98 Å². The molecule has 3 aromatic carbocycles. The van der Waals surface area contributed by atoms with Gasteiger partial charge < -0.3 is 0 Å². The quantitative estimate of drug-likeness (QED) is 0.199. The molecule has 0 amide bonds. The van der Waals surface area contributed by atoms with Gasteiger partial charge in [0.25, 0.3) is 0 Å². The second-order valence-electron chi connectivity index (χ2n) is 13.6. The van der Waals surface area contributed by atoms with Gasteiger partial charge in [-0.3, -0.25) is 4.98 Å². The van der Waals surface area contributed by atoms with Crippen molar-refractivity contribution in [2.24, 2.45) is 0 Å². The Bertz CT molecular complexity index is 1630. The van der Waals surface area contributed by atoms with Gasteiger partial charge in [-0.05, 0) is 68.4 Å². The number of rotatable bonds is 5. The molecule has 0 fully saturated rings. The topological polar surface area (TPSA) is 12.9 Å². The first kappa shape index (κ1) is 27.0. The lowest BCUT2D eigenvalue weighted by Crippen LogP contribution is -2.52. The molecular formula is C34H41NSSi2. The van der Waals surface area contributed by atoms with Crippen molar-refractivity contribution in [2.75, 3.05) is 0 Å². The lowest BCUT2D eigenvalue weighted by Gasteiger charge is -2.24. The van der Waals surface area contributed by atoms with E-state index in [-0.39, 0.29) is 5.41 Å². The molecule has 2 aromatic heterocycles. The first-order chi connectivity index (χ1) is 17.8. The summed E-state index contributed by atoms with van der Waals surface area (Å²) in [7, 11) is -2.99. The minimum Gasteiger partial charge on any atom is -0.255 e. The number of hydrogen-bond acceptors (Lipinski definition) is 2. The van der Waals surface area contributed by atoms with Crippen LogP contribution in [0.25, 0.3) is 32.1 Å². The molecule has 0 bridgehead atoms. The van der Waals surface area contributed by atoms with E-state index in [2.05, 4.69) is 127 Å². The Morgan fingerprint density at radius 1 is 0.816 bits per heavy atom. The van der Waals surface area contributed by atoms with Gasteiger partial charge in [0.1, 0.15) is 8.07 Å². The highest BCUT2D eigenvalue weighted by Gasteiger charge is 2.31. The van der Waals surface area contributed by atoms with Crippen molar-refractivity contribution in [1.29, 1.82) is 0 Å². The van der Waals surface area contributed by atoms with Gasteiger partial charge in [-0.2, -0.15) is 0 Å². The molecule has 2 heterocycles. The summed E-state index contributed by atoms with van der Waals surface area (Å²) < 4.78 is 2.89. The molecule has 0 spiro atoms. The molecule has 0 aliphatic carbocycles. The summed E-state index contributed by atoms with van der Waals surface area (Å²) in [6.45, 7) is 21.6. The van der Waals surface area contributed by atoms with Crippen LogP contribution in [0.15, 0.2) is 72.9 Å². The van der Waals surface area contributed by atoms with Crippen molar-refractivity contribution >= 4 is 58.0 Å². The third-order valence-corrected chi connectivity index (χ3v) is 15.5. The first-order valence-electron chi connectivity index (χ1n) is 13.8. The zero-order chi connectivity index (χ0) is 27.5. The van der Waals surface area contributed by atoms with Gasteiger partial charge in [0.05, 0.1) is 10.4 Å². The highest BCUT2D eigenvalue weighted by molar-refractivity contribution is 7.34. The number of aryl methyl sites for hydroxylation is 1. The number of pyridine rings is 1. The Labute approximate surface area is 235 Å². The summed E-state index contributed by atoms with van der Waals surface area (Å²) in [5, 5.41) is 5.50. The van der Waals surface area contributed by atoms with Gasteiger partial charge in [-0.15, -0.1) is 11.3 Å². The molecule has 0 radical (unpaired) electrons. The predicted octanol–water partition coefficient (Wildman–Crippen LogP) is 8.96. The number of thiophene rings is 1. The van der Waals surface area contributed by atoms with E-state index in [9.17, 15) is 0 Å². The highest BCUT2D eigenvalue weighted by atomic mass is 32.1. The minimum atomic E-state index is -1.87. The average molecular weight is 552 g/mol. The fraction of sp³-hybridized carbons (Fsp3) is 0.324. The Morgan fingerprint density at radius 3 is 2.16 bits per heavy atom. The zero-order valence-corrected chi connectivity index (χ0v) is 27.3. The van der Waals surface area contributed by atoms with Gasteiger partial charge in [0.2, 0.25) is 0 Å². The van der Waals surface area contributed by atoms with E-state index in [1.807, 2.05) is 17.5 Å². The van der Waals surface area contributed by atoms with E-state index in [1.165, 1.54) is 54.3 Å². The van der Waals surface area contributed by atoms with Crippen LogP contribution in [0.1, 0.15) is 37.5 Å². The van der Waals surface area contributed by atoms with Crippen LogP contribution in [-0.2, 0) is 11.5 Å². The third kappa shape index (κ3) is 5.06. The van der Waals surface area contributed by atoms with Crippen LogP contribution in [0.3, 0.4) is 0 Å². The largest absolute Gasteiger partial charge is 0.255 e. The summed E-state index contributed by atoms with van der Waals surface area (Å²) in [6.07, 6.45) is 2.01. The predicted molar refractivity (Wildman–Crippen MR) is 176 cm³/mol. The van der Waals surface area contributed by atoms with E-state index >= 15 is 0 Å². The summed E-state index contributed by atoms with van der Waals surface area (Å²) in [6, 6.07) is 26.6. The normalized spacial score (nSPS) is 13.0. The number of benzene rings is 3. The number of aromatic nitrogens is 1. The van der Waals surface area contributed by atoms with Gasteiger partial charge in [0.15, 0.2) is 0 Å². The van der Waals surface area contributed by atoms with Crippen LogP contribution >= 0.6 is 11.3 Å². The Hall–Kier alpha value is -2.54. The second kappa shape index (κ2) is 9.58. The third-order valence-electron chi connectivity index (χ3n) is 7.77. The molecule has 0 saturated heterocycles. The van der Waals surface area contributed by atoms with Gasteiger partial charge >= 0.3 is 0 Å². The SMILES string of the molecule is Cc1c([Si](C)(C)c2ccc(C[Si](C)(C)C)cc2)sc2c(-c3cc(C(C)(C)C)c4ccccc4c3)nccc12. The molecular weight excluding hydrogens is 511 g/mol. The van der Waals surface area contributed by atoms with Crippen LogP contribution in [0.4, 0.5) is 0 Å². The summed E-state index contributed by atoms with van der Waals surface area (Å²) in [5.41, 5.74) is 6.70. The van der Waals surface area contributed by atoms with Crippen molar-refractivity contribution in [3.63, 3.8) is 0 Å². The van der Waals surface area contributed by atoms with Crippen LogP contribution in [0.5, 0.6) is 0 Å². The zero-order valence-electron chi connectivity index (χ0n) is 24.5. The van der Waals surface area contributed by atoms with Gasteiger partial charge in [-0.1, -0.05) is 113 Å². The molecule has 38 heavy (non-hydrogen) atoms. The molecule has 4 heteroatoms. The Morgan fingerprint density at radius 2 is 1.50 bits per heavy atom. The van der Waals surface area contributed by atoms with Gasteiger partial charge in [-0.25, -0.2) is 0 Å². The summed E-state index contributed by atoms with van der Waals surface area (Å²) in [4.78, 5) is 4.99. The summed E-state index contributed by atoms with van der Waals surface area (Å²) in [5.74, 6) is 0. The Kier molecular flexibility index (Phi) is 6.82. The molecule has 0 N–H and O–H groups in total. The maximum Gasteiger partial charge on any atom is 0.125 e. The van der Waals surface area contributed by atoms with Crippen LogP contribution in [0, 0.1) is 6.92 Å². The van der Waals surface area contributed by atoms with Crippen LogP contribution in [-0.4, -0.2) is 21.1 Å². The molecule has 0 aliphatic heterocycles. The van der Waals surface area contributed by atoms with Crippen molar-refractivity contribution < 1.29 is 0 Å². The molecule has 5 aromatic rings. The molecule has 0 saturated carbocycles. The van der Waals surface area contributed by atoms with Crippen LogP contribution < -0.4 is 9.69 Å². The average Bonchev–Trinajstić information content (AvgIpc) is 3.19. The molecule has 196 valence electrons. The molecule has 1 nitrogen and oxygen atoms in total. The fourth-order valence-electron chi connectivity index (χ4n) is 5.80. The fourth-order valence-corrected chi connectivity index (χ4v) is 12.3. The second-order valence-corrected chi connectivity index (χ2v) is 24.8. The number of nitrogens with zero attached hydrogens (tertiary/aromatic N) is 1. The smallest absolute Gasteiger partial charge is 0.125 e. The standard InChI is InChI=1S/C34H41NSSi2/c1-23-28-18-19-35-31(26-20-25-12-10-11-13-29(25)30(21-26)34(2,3)4)32(28)36-33(23)38(8,9)27-16-14-24(15-17-27)22-37(5,6)7/h10-21H,22H2,1-9H3. The highest BCUT2D eigenvalue weighted by Crippen LogP contribution is 2.38. The van der Waals surface area contributed by atoms with E-state index < -0.39 is 16.1 Å². The molecule has 5 rings (SSSR count). The maximum atomic E-state index is 4.99. The van der Waals surface area contributed by atoms with Crippen molar-refractivity contribution in [2.45, 2.75) is 71.9 Å². The number of fused-ring (bicyclic) bond motifs is 2. The monoisotopic (exact) mass is 551 g/mol. The molecule has 0 aliphatic rings. The van der Waals surface area contributed by atoms with E-state index in [0.29, 0.717) is 0 Å². The van der Waals surface area contributed by atoms with Crippen molar-refractivity contribution in [3.8, 4) is 11.3 Å². The first-order valence-corrected chi connectivity index (χ1v) is 21.3. The molecule has 0 unspecified atom stereocenters. The minimum absolute atomic E-state index is 0.0522. The van der Waals surface area contributed by atoms with Gasteiger partial charge in [0, 0.05) is 19.8 Å². The lowest BCUT2D eigenvalue weighted by molar-refractivity contribution is 0.596. The van der Waals surface area contributed by atoms with Crippen LogP contribution in [0.2, 0.25) is 32.7 Å². The maximum absolute atomic E-state index is 4.99. The number of hydrogen-bond donors (Lipinski definition) is 0. The van der Waals surface area contributed by atoms with E-state index in [1.54, 1.807) is 4.50 Å². The summed E-state index contributed by atoms with van der Waals surface area (Å²) >= 11 is 1.99. The van der Waals surface area contributed by atoms with E-state index in [4.69, 9.17) is 4.98 Å². The Balaban J connectivity index is 1.64. The molecule has 0 atom stereocenters. The lowest BCUT2D eigenvalue weighted by atomic mass is 9.82. The van der Waals surface area contributed by atoms with E-state index in [0.717, 1.165) is 5.69 Å².